The van der Waals surface area contributed by atoms with Crippen molar-refractivity contribution in [1.29, 1.82) is 0 Å². The quantitative estimate of drug-likeness (QED) is 0.157. The summed E-state index contributed by atoms with van der Waals surface area (Å²) in [5.74, 6) is 0.956. The molecule has 0 saturated carbocycles. The molecule has 0 radical (unpaired) electrons. The molecule has 11 heteroatoms. The van der Waals surface area contributed by atoms with Crippen molar-refractivity contribution in [3.63, 3.8) is 0 Å². The van der Waals surface area contributed by atoms with Crippen LogP contribution in [0.25, 0.3) is 0 Å². The first-order valence-electron chi connectivity index (χ1n) is 16.6. The van der Waals surface area contributed by atoms with Crippen LogP contribution in [-0.4, -0.2) is 59.0 Å². The summed E-state index contributed by atoms with van der Waals surface area (Å²) in [7, 11) is 0. The van der Waals surface area contributed by atoms with Gasteiger partial charge < -0.3 is 48.1 Å². The first kappa shape index (κ1) is 40.0. The summed E-state index contributed by atoms with van der Waals surface area (Å²) >= 11 is 1.20. The van der Waals surface area contributed by atoms with Crippen LogP contribution in [0.4, 0.5) is 0 Å². The predicted octanol–water partition coefficient (Wildman–Crippen LogP) is 9.55. The zero-order valence-electron chi connectivity index (χ0n) is 31.2. The SMILES string of the molecule is CC(C)Oc1c(O)c(OC(C)C)c(OC(C)C)c(Sc2c(OC(C)C)c(OC(C)C)c(O)c(OC(C)C)c2OC(C)C)c1OC(C)C. The molecule has 47 heavy (non-hydrogen) atoms. The van der Waals surface area contributed by atoms with Crippen LogP contribution < -0.4 is 37.9 Å². The standard InChI is InChI=1S/C36H58O10S/c1-17(2)39-27-25(37)28(40-18(3)4)32(44-22(11)12)35(31(27)43-21(9)10)47-36-33(45-23(13)14)29(41-19(5)6)26(38)30(42-20(7)8)34(36)46-24(15)16/h17-24,37-38H,1-16H3. The lowest BCUT2D eigenvalue weighted by Gasteiger charge is -2.29. The second-order valence-electron chi connectivity index (χ2n) is 13.4. The lowest BCUT2D eigenvalue weighted by atomic mass is 10.2. The summed E-state index contributed by atoms with van der Waals surface area (Å²) < 4.78 is 50.6. The Labute approximate surface area is 286 Å². The summed E-state index contributed by atoms with van der Waals surface area (Å²) in [6.07, 6.45) is -2.53. The monoisotopic (exact) mass is 682 g/mol. The second-order valence-corrected chi connectivity index (χ2v) is 14.4. The average molecular weight is 683 g/mol. The average Bonchev–Trinajstić information content (AvgIpc) is 2.90. The van der Waals surface area contributed by atoms with E-state index in [0.29, 0.717) is 9.79 Å². The van der Waals surface area contributed by atoms with E-state index in [1.807, 2.05) is 111 Å². The van der Waals surface area contributed by atoms with Gasteiger partial charge in [0.1, 0.15) is 9.79 Å². The van der Waals surface area contributed by atoms with Gasteiger partial charge in [-0.05, 0) is 111 Å². The Morgan fingerprint density at radius 1 is 0.298 bits per heavy atom. The van der Waals surface area contributed by atoms with Gasteiger partial charge in [0, 0.05) is 0 Å². The highest BCUT2D eigenvalue weighted by molar-refractivity contribution is 7.99. The minimum atomic E-state index is -0.317. The molecule has 0 aliphatic rings. The number of ether oxygens (including phenoxy) is 8. The van der Waals surface area contributed by atoms with Gasteiger partial charge in [-0.3, -0.25) is 0 Å². The zero-order chi connectivity index (χ0) is 35.9. The van der Waals surface area contributed by atoms with Gasteiger partial charge in [-0.25, -0.2) is 0 Å². The lowest BCUT2D eigenvalue weighted by Crippen LogP contribution is -2.17. The van der Waals surface area contributed by atoms with Crippen LogP contribution in [0.15, 0.2) is 9.79 Å². The van der Waals surface area contributed by atoms with Crippen LogP contribution in [0.2, 0.25) is 0 Å². The Morgan fingerprint density at radius 2 is 0.447 bits per heavy atom. The van der Waals surface area contributed by atoms with E-state index >= 15 is 0 Å². The molecule has 2 N–H and O–H groups in total. The Bertz CT molecular complexity index is 1130. The van der Waals surface area contributed by atoms with Crippen molar-refractivity contribution >= 4 is 11.8 Å². The van der Waals surface area contributed by atoms with Gasteiger partial charge in [0.15, 0.2) is 23.0 Å². The van der Waals surface area contributed by atoms with Crippen LogP contribution in [0.5, 0.6) is 57.5 Å². The van der Waals surface area contributed by atoms with Crippen molar-refractivity contribution in [2.24, 2.45) is 0 Å². The third-order valence-electron chi connectivity index (χ3n) is 5.54. The fraction of sp³-hybridized carbons (Fsp3) is 0.667. The summed E-state index contributed by atoms with van der Waals surface area (Å²) in [5.41, 5.74) is 0. The molecular weight excluding hydrogens is 624 g/mol. The molecule has 0 bridgehead atoms. The van der Waals surface area contributed by atoms with E-state index in [2.05, 4.69) is 0 Å². The molecule has 0 amide bonds. The maximum absolute atomic E-state index is 11.7. The number of benzene rings is 2. The highest BCUT2D eigenvalue weighted by atomic mass is 32.2. The summed E-state index contributed by atoms with van der Waals surface area (Å²) in [4.78, 5) is 0.880. The summed E-state index contributed by atoms with van der Waals surface area (Å²) in [6, 6.07) is 0. The second kappa shape index (κ2) is 17.3. The van der Waals surface area contributed by atoms with Crippen LogP contribution in [0.1, 0.15) is 111 Å². The zero-order valence-corrected chi connectivity index (χ0v) is 32.0. The van der Waals surface area contributed by atoms with Crippen LogP contribution in [0, 0.1) is 0 Å². The molecule has 0 unspecified atom stereocenters. The number of hydrogen-bond acceptors (Lipinski definition) is 11. The largest absolute Gasteiger partial charge is 0.501 e. The molecule has 0 heterocycles. The minimum absolute atomic E-state index is 0.108. The van der Waals surface area contributed by atoms with Crippen molar-refractivity contribution in [3.05, 3.63) is 0 Å². The van der Waals surface area contributed by atoms with E-state index in [1.54, 1.807) is 0 Å². The normalized spacial score (nSPS) is 11.9. The number of aromatic hydroxyl groups is 2. The van der Waals surface area contributed by atoms with Gasteiger partial charge in [-0.15, -0.1) is 0 Å². The van der Waals surface area contributed by atoms with E-state index in [4.69, 9.17) is 37.9 Å². The number of phenolic OH excluding ortho intramolecular Hbond substituents is 2. The van der Waals surface area contributed by atoms with Crippen molar-refractivity contribution in [2.45, 2.75) is 169 Å². The van der Waals surface area contributed by atoms with Gasteiger partial charge in [-0.1, -0.05) is 11.8 Å². The third-order valence-corrected chi connectivity index (χ3v) is 6.69. The van der Waals surface area contributed by atoms with Crippen LogP contribution in [-0.2, 0) is 0 Å². The van der Waals surface area contributed by atoms with Gasteiger partial charge >= 0.3 is 0 Å². The van der Waals surface area contributed by atoms with Gasteiger partial charge in [-0.2, -0.15) is 0 Å². The molecule has 0 aromatic heterocycles. The van der Waals surface area contributed by atoms with Crippen LogP contribution >= 0.6 is 11.8 Å². The van der Waals surface area contributed by atoms with E-state index in [-0.39, 0.29) is 106 Å². The molecular formula is C36H58O10S. The maximum Gasteiger partial charge on any atom is 0.209 e. The van der Waals surface area contributed by atoms with Crippen molar-refractivity contribution in [1.82, 2.24) is 0 Å². The molecule has 0 aliphatic heterocycles. The fourth-order valence-electron chi connectivity index (χ4n) is 4.29. The Balaban J connectivity index is 3.32. The number of hydrogen-bond donors (Lipinski definition) is 2. The molecule has 0 fully saturated rings. The van der Waals surface area contributed by atoms with E-state index in [0.717, 1.165) is 0 Å². The first-order chi connectivity index (χ1) is 21.7. The number of rotatable bonds is 18. The molecule has 0 atom stereocenters. The molecule has 0 aliphatic carbocycles. The Kier molecular flexibility index (Phi) is 14.7. The molecule has 2 rings (SSSR count). The maximum atomic E-state index is 11.7. The summed E-state index contributed by atoms with van der Waals surface area (Å²) in [5, 5.41) is 23.4. The molecule has 10 nitrogen and oxygen atoms in total. The smallest absolute Gasteiger partial charge is 0.209 e. The highest BCUT2D eigenvalue weighted by Gasteiger charge is 2.37. The van der Waals surface area contributed by atoms with Crippen molar-refractivity contribution in [2.75, 3.05) is 0 Å². The first-order valence-corrected chi connectivity index (χ1v) is 17.4. The molecule has 2 aromatic carbocycles. The highest BCUT2D eigenvalue weighted by Crippen LogP contribution is 2.64. The van der Waals surface area contributed by atoms with Gasteiger partial charge in [0.05, 0.1) is 48.8 Å². The van der Waals surface area contributed by atoms with Crippen molar-refractivity contribution in [3.8, 4) is 57.5 Å². The molecule has 0 saturated heterocycles. The Hall–Kier alpha value is -3.21. The molecule has 0 spiro atoms. The van der Waals surface area contributed by atoms with Crippen molar-refractivity contribution < 1.29 is 48.1 Å². The molecule has 2 aromatic rings. The van der Waals surface area contributed by atoms with Gasteiger partial charge in [0.25, 0.3) is 0 Å². The van der Waals surface area contributed by atoms with Crippen LogP contribution in [0.3, 0.4) is 0 Å². The van der Waals surface area contributed by atoms with E-state index < -0.39 is 0 Å². The number of phenols is 2. The van der Waals surface area contributed by atoms with Gasteiger partial charge in [0.2, 0.25) is 34.5 Å². The van der Waals surface area contributed by atoms with E-state index in [1.165, 1.54) is 11.8 Å². The predicted molar refractivity (Wildman–Crippen MR) is 186 cm³/mol. The molecule has 268 valence electrons. The fourth-order valence-corrected chi connectivity index (χ4v) is 5.43. The summed E-state index contributed by atoms with van der Waals surface area (Å²) in [6.45, 7) is 30.0. The Morgan fingerprint density at radius 3 is 0.596 bits per heavy atom. The lowest BCUT2D eigenvalue weighted by molar-refractivity contribution is 0.161. The topological polar surface area (TPSA) is 114 Å². The minimum Gasteiger partial charge on any atom is -0.501 e. The third kappa shape index (κ3) is 10.9. The van der Waals surface area contributed by atoms with E-state index in [9.17, 15) is 10.2 Å².